The summed E-state index contributed by atoms with van der Waals surface area (Å²) in [7, 11) is -2.30. The summed E-state index contributed by atoms with van der Waals surface area (Å²) in [6.07, 6.45) is 2.97. The largest absolute Gasteiger partial charge is 0.461 e. The number of carbonyl (C=O) groups is 7. The Hall–Kier alpha value is -4.72. The van der Waals surface area contributed by atoms with Gasteiger partial charge in [-0.15, -0.1) is 0 Å². The topological polar surface area (TPSA) is 247 Å². The second kappa shape index (κ2) is 27.8. The van der Waals surface area contributed by atoms with Gasteiger partial charge >= 0.3 is 5.97 Å². The molecule has 0 spiro atoms. The molecule has 6 amide bonds. The number of hydrogen-bond acceptors (Lipinski definition) is 12. The van der Waals surface area contributed by atoms with E-state index in [2.05, 4.69) is 28.2 Å². The number of anilines is 1. The molecular formula is C37H60N6O12S. The van der Waals surface area contributed by atoms with E-state index < -0.39 is 76.4 Å². The molecular weight excluding hydrogens is 753 g/mol. The Morgan fingerprint density at radius 3 is 2.02 bits per heavy atom. The Kier molecular flexibility index (Phi) is 25.5. The lowest BCUT2D eigenvalue weighted by molar-refractivity contribution is -0.148. The maximum absolute atomic E-state index is 12.9. The summed E-state index contributed by atoms with van der Waals surface area (Å²) >= 11 is 0. The summed E-state index contributed by atoms with van der Waals surface area (Å²) in [5.74, 6) is -5.46. The van der Waals surface area contributed by atoms with Gasteiger partial charge in [0.1, 0.15) is 19.2 Å². The van der Waals surface area contributed by atoms with Crippen LogP contribution in [0.2, 0.25) is 0 Å². The lowest BCUT2D eigenvalue weighted by Gasteiger charge is -2.26. The zero-order valence-corrected chi connectivity index (χ0v) is 34.5. The number of nitrogens with zero attached hydrogens (tertiary/aromatic N) is 2. The molecule has 1 aliphatic heterocycles. The Morgan fingerprint density at radius 1 is 0.911 bits per heavy atom. The Bertz CT molecular complexity index is 1550. The van der Waals surface area contributed by atoms with Crippen LogP contribution in [0.25, 0.3) is 0 Å². The maximum Gasteiger partial charge on any atom is 0.308 e. The van der Waals surface area contributed by atoms with Crippen LogP contribution >= 0.6 is 0 Å². The molecule has 0 aromatic heterocycles. The van der Waals surface area contributed by atoms with Gasteiger partial charge in [-0.05, 0) is 43.6 Å². The van der Waals surface area contributed by atoms with Crippen molar-refractivity contribution >= 4 is 57.2 Å². The van der Waals surface area contributed by atoms with Gasteiger partial charge in [-0.25, -0.2) is 0 Å². The van der Waals surface area contributed by atoms with Crippen LogP contribution in [0.3, 0.4) is 0 Å². The van der Waals surface area contributed by atoms with Crippen LogP contribution in [0.5, 0.6) is 0 Å². The van der Waals surface area contributed by atoms with E-state index in [4.69, 9.17) is 14.0 Å². The number of rotatable bonds is 22. The molecule has 1 aromatic carbocycles. The van der Waals surface area contributed by atoms with E-state index in [1.54, 1.807) is 52.0 Å². The number of hydrogen-bond donors (Lipinski definition) is 5. The SMILES string of the molecule is CC.CC(C)C(=O)OCc1ccc(NC(=O)CNC(=O)C(NC(=O)CCN(CCOCCS(=O)(=O)O)C(=O)CN2C(=O)C=CC2=O)C(C)C)cc1.CCCNC. The van der Waals surface area contributed by atoms with E-state index in [0.717, 1.165) is 29.2 Å². The van der Waals surface area contributed by atoms with Crippen molar-refractivity contribution < 1.29 is 56.0 Å². The minimum atomic E-state index is -4.26. The van der Waals surface area contributed by atoms with Gasteiger partial charge in [0.2, 0.25) is 23.6 Å². The first kappa shape index (κ1) is 51.3. The van der Waals surface area contributed by atoms with Crippen molar-refractivity contribution in [2.75, 3.05) is 64.1 Å². The van der Waals surface area contributed by atoms with Crippen LogP contribution in [0.1, 0.15) is 66.9 Å². The van der Waals surface area contributed by atoms with E-state index in [0.29, 0.717) is 10.6 Å². The molecule has 316 valence electrons. The molecule has 0 aliphatic carbocycles. The lowest BCUT2D eigenvalue weighted by atomic mass is 10.0. The Balaban J connectivity index is 0.00000398. The molecule has 5 N–H and O–H groups in total. The molecule has 0 saturated carbocycles. The fourth-order valence-electron chi connectivity index (χ4n) is 4.38. The summed E-state index contributed by atoms with van der Waals surface area (Å²) in [4.78, 5) is 88.5. The summed E-state index contributed by atoms with van der Waals surface area (Å²) in [5.41, 5.74) is 1.17. The first-order chi connectivity index (χ1) is 26.4. The van der Waals surface area contributed by atoms with Gasteiger partial charge in [-0.3, -0.25) is 43.0 Å². The van der Waals surface area contributed by atoms with E-state index in [-0.39, 0.29) is 51.2 Å². The van der Waals surface area contributed by atoms with Crippen molar-refractivity contribution in [2.24, 2.45) is 11.8 Å². The maximum atomic E-state index is 12.9. The first-order valence-corrected chi connectivity index (χ1v) is 20.1. The summed E-state index contributed by atoms with van der Waals surface area (Å²) in [5, 5.41) is 10.7. The second-order valence-electron chi connectivity index (χ2n) is 12.7. The number of ether oxygens (including phenoxy) is 2. The number of benzene rings is 1. The number of amides is 6. The molecule has 1 unspecified atom stereocenters. The van der Waals surface area contributed by atoms with Crippen molar-refractivity contribution in [1.82, 2.24) is 25.8 Å². The number of imide groups is 1. The first-order valence-electron chi connectivity index (χ1n) is 18.5. The van der Waals surface area contributed by atoms with Crippen LogP contribution in [0, 0.1) is 11.8 Å². The highest BCUT2D eigenvalue weighted by atomic mass is 32.2. The third-order valence-corrected chi connectivity index (χ3v) is 8.11. The molecule has 1 heterocycles. The highest BCUT2D eigenvalue weighted by molar-refractivity contribution is 7.85. The highest BCUT2D eigenvalue weighted by Gasteiger charge is 2.29. The van der Waals surface area contributed by atoms with Gasteiger partial charge in [0, 0.05) is 37.3 Å². The summed E-state index contributed by atoms with van der Waals surface area (Å²) in [6, 6.07) is 5.56. The van der Waals surface area contributed by atoms with Crippen LogP contribution in [0.4, 0.5) is 5.69 Å². The average molecular weight is 813 g/mol. The van der Waals surface area contributed by atoms with E-state index in [1.807, 2.05) is 20.9 Å². The van der Waals surface area contributed by atoms with Gasteiger partial charge in [-0.1, -0.05) is 60.6 Å². The third kappa shape index (κ3) is 22.0. The molecule has 0 fully saturated rings. The van der Waals surface area contributed by atoms with Gasteiger partial charge in [0.15, 0.2) is 0 Å². The minimum Gasteiger partial charge on any atom is -0.461 e. The minimum absolute atomic E-state index is 0.0877. The molecule has 0 saturated heterocycles. The monoisotopic (exact) mass is 812 g/mol. The summed E-state index contributed by atoms with van der Waals surface area (Å²) in [6.45, 7) is 12.3. The van der Waals surface area contributed by atoms with Crippen molar-refractivity contribution in [3.63, 3.8) is 0 Å². The molecule has 1 aromatic rings. The lowest BCUT2D eigenvalue weighted by Crippen LogP contribution is -2.51. The number of esters is 1. The van der Waals surface area contributed by atoms with Gasteiger partial charge in [0.25, 0.3) is 21.9 Å². The molecule has 0 radical (unpaired) electrons. The smallest absolute Gasteiger partial charge is 0.308 e. The van der Waals surface area contributed by atoms with Gasteiger partial charge in [0.05, 0.1) is 31.4 Å². The number of carbonyl (C=O) groups excluding carboxylic acids is 7. The molecule has 1 aliphatic rings. The van der Waals surface area contributed by atoms with Crippen LogP contribution in [-0.2, 0) is 59.8 Å². The fraction of sp³-hybridized carbons (Fsp3) is 0.595. The molecule has 19 heteroatoms. The zero-order valence-electron chi connectivity index (χ0n) is 33.7. The molecule has 56 heavy (non-hydrogen) atoms. The summed E-state index contributed by atoms with van der Waals surface area (Å²) < 4.78 is 40.9. The van der Waals surface area contributed by atoms with Gasteiger partial charge in [-0.2, -0.15) is 8.42 Å². The fourth-order valence-corrected chi connectivity index (χ4v) is 4.71. The third-order valence-electron chi connectivity index (χ3n) is 7.43. The number of nitrogens with one attached hydrogen (secondary N) is 4. The normalized spacial score (nSPS) is 12.6. The van der Waals surface area contributed by atoms with Crippen LogP contribution in [0.15, 0.2) is 36.4 Å². The van der Waals surface area contributed by atoms with Crippen molar-refractivity contribution in [1.29, 1.82) is 0 Å². The molecule has 0 bridgehead atoms. The Morgan fingerprint density at radius 2 is 1.52 bits per heavy atom. The van der Waals surface area contributed by atoms with Crippen molar-refractivity contribution in [3.8, 4) is 0 Å². The van der Waals surface area contributed by atoms with E-state index in [9.17, 15) is 42.0 Å². The zero-order chi connectivity index (χ0) is 42.8. The van der Waals surface area contributed by atoms with E-state index >= 15 is 0 Å². The molecule has 1 atom stereocenters. The van der Waals surface area contributed by atoms with Crippen LogP contribution in [-0.4, -0.2) is 129 Å². The van der Waals surface area contributed by atoms with E-state index in [1.165, 1.54) is 6.42 Å². The van der Waals surface area contributed by atoms with Gasteiger partial charge < -0.3 is 35.6 Å². The predicted molar refractivity (Wildman–Crippen MR) is 209 cm³/mol. The van der Waals surface area contributed by atoms with Crippen molar-refractivity contribution in [3.05, 3.63) is 42.0 Å². The average Bonchev–Trinajstić information content (AvgIpc) is 3.46. The predicted octanol–water partition coefficient (Wildman–Crippen LogP) is 1.27. The quantitative estimate of drug-likeness (QED) is 0.0480. The molecule has 2 rings (SSSR count). The highest BCUT2D eigenvalue weighted by Crippen LogP contribution is 2.12. The Labute approximate surface area is 330 Å². The van der Waals surface area contributed by atoms with Crippen LogP contribution < -0.4 is 21.3 Å². The molecule has 18 nitrogen and oxygen atoms in total. The second-order valence-corrected chi connectivity index (χ2v) is 14.3. The van der Waals surface area contributed by atoms with Crippen molar-refractivity contribution in [2.45, 2.75) is 74.0 Å². The standard InChI is InChI=1S/C31H43N5O12S.C4H11N.C2H6/c1-20(2)29(30(42)32-17-25(38)33-23-7-5-22(6-8-23)19-48-31(43)21(3)4)34-24(37)11-12-35(13-14-47-15-16-49(44,45)46)28(41)18-36-26(39)9-10-27(36)40;1-3-4-5-2;1-2/h5-10,20-21,29H,11-19H2,1-4H3,(H,32,42)(H,33,38)(H,34,37)(H,44,45,46);5H,3-4H2,1-2H3;1-2H3.